The first-order chi connectivity index (χ1) is 14.8. The number of hydrogen-bond donors (Lipinski definition) is 0. The molecule has 4 rings (SSSR count). The summed E-state index contributed by atoms with van der Waals surface area (Å²) in [7, 11) is -3.53. The van der Waals surface area contributed by atoms with Crippen molar-refractivity contribution >= 4 is 21.6 Å². The molecule has 1 fully saturated rings. The van der Waals surface area contributed by atoms with Crippen molar-refractivity contribution in [3.05, 3.63) is 59.7 Å². The highest BCUT2D eigenvalue weighted by Crippen LogP contribution is 2.34. The van der Waals surface area contributed by atoms with Gasteiger partial charge in [-0.25, -0.2) is 8.42 Å². The van der Waals surface area contributed by atoms with Gasteiger partial charge in [0.05, 0.1) is 4.90 Å². The molecule has 2 aliphatic rings. The van der Waals surface area contributed by atoms with Crippen molar-refractivity contribution in [2.24, 2.45) is 5.92 Å². The van der Waals surface area contributed by atoms with Gasteiger partial charge in [-0.1, -0.05) is 44.2 Å². The van der Waals surface area contributed by atoms with E-state index in [9.17, 15) is 13.2 Å². The minimum absolute atomic E-state index is 0.136. The molecule has 2 aromatic rings. The number of carbonyl (C=O) groups is 1. The van der Waals surface area contributed by atoms with Crippen LogP contribution in [0, 0.1) is 5.92 Å². The highest BCUT2D eigenvalue weighted by Gasteiger charge is 2.37. The van der Waals surface area contributed by atoms with Gasteiger partial charge >= 0.3 is 0 Å². The predicted molar refractivity (Wildman–Crippen MR) is 124 cm³/mol. The average molecular weight is 441 g/mol. The van der Waals surface area contributed by atoms with Crippen LogP contribution < -0.4 is 4.90 Å². The van der Waals surface area contributed by atoms with Crippen LogP contribution in [0.5, 0.6) is 0 Å². The largest absolute Gasteiger partial charge is 0.309 e. The molecule has 31 heavy (non-hydrogen) atoms. The Morgan fingerprint density at radius 2 is 1.61 bits per heavy atom. The summed E-state index contributed by atoms with van der Waals surface area (Å²) >= 11 is 0. The Labute approximate surface area is 186 Å². The second kappa shape index (κ2) is 8.75. The van der Waals surface area contributed by atoms with E-state index in [0.717, 1.165) is 24.1 Å². The van der Waals surface area contributed by atoms with Crippen molar-refractivity contribution in [2.75, 3.05) is 18.0 Å². The van der Waals surface area contributed by atoms with E-state index in [2.05, 4.69) is 26.8 Å². The minimum Gasteiger partial charge on any atom is -0.309 e. The zero-order valence-electron chi connectivity index (χ0n) is 18.6. The summed E-state index contributed by atoms with van der Waals surface area (Å²) in [6, 6.07) is 15.5. The van der Waals surface area contributed by atoms with Crippen molar-refractivity contribution in [2.45, 2.75) is 63.3 Å². The number of hydrogen-bond acceptors (Lipinski definition) is 3. The molecule has 1 amide bonds. The quantitative estimate of drug-likeness (QED) is 0.699. The van der Waals surface area contributed by atoms with Gasteiger partial charge in [0.25, 0.3) is 0 Å². The van der Waals surface area contributed by atoms with Crippen molar-refractivity contribution in [1.82, 2.24) is 4.31 Å². The Morgan fingerprint density at radius 3 is 2.26 bits per heavy atom. The molecular weight excluding hydrogens is 408 g/mol. The molecule has 166 valence electrons. The van der Waals surface area contributed by atoms with Gasteiger partial charge in [0.15, 0.2) is 0 Å². The van der Waals surface area contributed by atoms with Gasteiger partial charge in [-0.2, -0.15) is 4.31 Å². The fourth-order valence-corrected chi connectivity index (χ4v) is 6.21. The second-order valence-electron chi connectivity index (χ2n) is 9.13. The molecule has 6 heteroatoms. The molecule has 0 aromatic heterocycles. The van der Waals surface area contributed by atoms with E-state index in [0.29, 0.717) is 36.7 Å². The van der Waals surface area contributed by atoms with Crippen LogP contribution >= 0.6 is 0 Å². The third kappa shape index (κ3) is 4.28. The standard InChI is InChI=1S/C25H32N2O3S/c1-18(2)20-10-12-23(13-11-20)31(29,30)26-16-14-22(15-17-26)25(28)27-19(3)8-9-21-6-4-5-7-24(21)27/h4-7,10-13,18-19,22H,8-9,14-17H2,1-3H3. The van der Waals surface area contributed by atoms with E-state index in [-0.39, 0.29) is 17.9 Å². The van der Waals surface area contributed by atoms with Crippen molar-refractivity contribution in [3.8, 4) is 0 Å². The van der Waals surface area contributed by atoms with Crippen LogP contribution in [0.4, 0.5) is 5.69 Å². The molecule has 0 saturated carbocycles. The van der Waals surface area contributed by atoms with Crippen LogP contribution in [0.15, 0.2) is 53.4 Å². The lowest BCUT2D eigenvalue weighted by Gasteiger charge is -2.39. The number of rotatable bonds is 4. The van der Waals surface area contributed by atoms with Gasteiger partial charge in [0.2, 0.25) is 15.9 Å². The van der Waals surface area contributed by atoms with Crippen LogP contribution in [0.1, 0.15) is 57.1 Å². The van der Waals surface area contributed by atoms with Gasteiger partial charge in [0, 0.05) is 30.7 Å². The first-order valence-corrected chi connectivity index (χ1v) is 12.7. The molecule has 2 aliphatic heterocycles. The maximum Gasteiger partial charge on any atom is 0.243 e. The van der Waals surface area contributed by atoms with E-state index in [1.165, 1.54) is 9.87 Å². The predicted octanol–water partition coefficient (Wildman–Crippen LogP) is 4.58. The number of sulfonamides is 1. The van der Waals surface area contributed by atoms with Crippen LogP contribution in [-0.4, -0.2) is 37.8 Å². The molecule has 1 saturated heterocycles. The summed E-state index contributed by atoms with van der Waals surface area (Å²) in [5.41, 5.74) is 3.37. The van der Waals surface area contributed by atoms with Crippen LogP contribution in [0.3, 0.4) is 0 Å². The van der Waals surface area contributed by atoms with Crippen molar-refractivity contribution < 1.29 is 13.2 Å². The Bertz CT molecular complexity index is 1040. The van der Waals surface area contributed by atoms with Crippen molar-refractivity contribution in [1.29, 1.82) is 0 Å². The number of piperidine rings is 1. The molecule has 5 nitrogen and oxygen atoms in total. The van der Waals surface area contributed by atoms with E-state index in [1.807, 2.05) is 35.2 Å². The fourth-order valence-electron chi connectivity index (χ4n) is 4.74. The van der Waals surface area contributed by atoms with Gasteiger partial charge < -0.3 is 4.90 Å². The number of amides is 1. The SMILES string of the molecule is CC(C)c1ccc(S(=O)(=O)N2CCC(C(=O)N3c4ccccc4CCC3C)CC2)cc1. The first kappa shape index (κ1) is 22.0. The average Bonchev–Trinajstić information content (AvgIpc) is 2.78. The zero-order valence-corrected chi connectivity index (χ0v) is 19.4. The van der Waals surface area contributed by atoms with E-state index >= 15 is 0 Å². The smallest absolute Gasteiger partial charge is 0.243 e. The second-order valence-corrected chi connectivity index (χ2v) is 11.1. The third-order valence-corrected chi connectivity index (χ3v) is 8.66. The Morgan fingerprint density at radius 1 is 0.968 bits per heavy atom. The molecule has 0 N–H and O–H groups in total. The van der Waals surface area contributed by atoms with Crippen molar-refractivity contribution in [3.63, 3.8) is 0 Å². The number of para-hydroxylation sites is 1. The molecule has 0 aliphatic carbocycles. The highest BCUT2D eigenvalue weighted by atomic mass is 32.2. The number of fused-ring (bicyclic) bond motifs is 1. The molecule has 0 spiro atoms. The molecule has 0 bridgehead atoms. The Balaban J connectivity index is 1.45. The maximum atomic E-state index is 13.4. The van der Waals surface area contributed by atoms with Gasteiger partial charge in [-0.15, -0.1) is 0 Å². The van der Waals surface area contributed by atoms with Crippen LogP contribution in [0.2, 0.25) is 0 Å². The summed E-state index contributed by atoms with van der Waals surface area (Å²) in [6.45, 7) is 7.05. The van der Waals surface area contributed by atoms with E-state index in [4.69, 9.17) is 0 Å². The molecule has 1 atom stereocenters. The maximum absolute atomic E-state index is 13.4. The lowest BCUT2D eigenvalue weighted by Crippen LogP contribution is -2.48. The number of benzene rings is 2. The Hall–Kier alpha value is -2.18. The number of anilines is 1. The Kier molecular flexibility index (Phi) is 6.22. The summed E-state index contributed by atoms with van der Waals surface area (Å²) in [5, 5.41) is 0. The summed E-state index contributed by atoms with van der Waals surface area (Å²) in [4.78, 5) is 15.7. The molecule has 0 radical (unpaired) electrons. The minimum atomic E-state index is -3.53. The number of aryl methyl sites for hydroxylation is 1. The third-order valence-electron chi connectivity index (χ3n) is 6.75. The van der Waals surface area contributed by atoms with Crippen LogP contribution in [0.25, 0.3) is 0 Å². The first-order valence-electron chi connectivity index (χ1n) is 11.3. The molecule has 2 aromatic carbocycles. The highest BCUT2D eigenvalue weighted by molar-refractivity contribution is 7.89. The topological polar surface area (TPSA) is 57.7 Å². The summed E-state index contributed by atoms with van der Waals surface area (Å²) in [5.74, 6) is 0.363. The van der Waals surface area contributed by atoms with Gasteiger partial charge in [-0.05, 0) is 67.9 Å². The number of carbonyl (C=O) groups excluding carboxylic acids is 1. The van der Waals surface area contributed by atoms with E-state index in [1.54, 1.807) is 12.1 Å². The van der Waals surface area contributed by atoms with Gasteiger partial charge in [-0.3, -0.25) is 4.79 Å². The lowest BCUT2D eigenvalue weighted by molar-refractivity contribution is -0.124. The molecule has 1 unspecified atom stereocenters. The monoisotopic (exact) mass is 440 g/mol. The lowest BCUT2D eigenvalue weighted by atomic mass is 9.91. The van der Waals surface area contributed by atoms with Crippen LogP contribution in [-0.2, 0) is 21.2 Å². The van der Waals surface area contributed by atoms with Gasteiger partial charge in [0.1, 0.15) is 0 Å². The normalized spacial score (nSPS) is 20.6. The van der Waals surface area contributed by atoms with E-state index < -0.39 is 10.0 Å². The zero-order chi connectivity index (χ0) is 22.2. The molecule has 2 heterocycles. The summed E-state index contributed by atoms with van der Waals surface area (Å²) in [6.07, 6.45) is 3.08. The number of nitrogens with zero attached hydrogens (tertiary/aromatic N) is 2. The fraction of sp³-hybridized carbons (Fsp3) is 0.480. The summed E-state index contributed by atoms with van der Waals surface area (Å²) < 4.78 is 27.7. The molecular formula is C25H32N2O3S.